The maximum Gasteiger partial charge on any atom is 0.336 e. The molecule has 0 amide bonds. The van der Waals surface area contributed by atoms with Gasteiger partial charge in [-0.25, -0.2) is 14.5 Å². The number of carbonyl (C=O) groups excluding carboxylic acids is 1. The minimum absolute atomic E-state index is 0.131. The summed E-state index contributed by atoms with van der Waals surface area (Å²) >= 11 is 0. The van der Waals surface area contributed by atoms with Crippen LogP contribution in [-0.2, 0) is 19.4 Å². The van der Waals surface area contributed by atoms with Gasteiger partial charge in [0.25, 0.3) is 0 Å². The molecule has 0 unspecified atom stereocenters. The molecule has 0 aliphatic rings. The number of ketones is 1. The number of benzene rings is 3. The molecule has 4 aromatic rings. The van der Waals surface area contributed by atoms with Gasteiger partial charge in [-0.3, -0.25) is 4.79 Å². The fourth-order valence-corrected chi connectivity index (χ4v) is 3.91. The van der Waals surface area contributed by atoms with Gasteiger partial charge in [-0.1, -0.05) is 86.1 Å². The molecule has 34 heavy (non-hydrogen) atoms. The second-order valence-corrected chi connectivity index (χ2v) is 8.25. The van der Waals surface area contributed by atoms with Crippen molar-refractivity contribution in [2.24, 2.45) is 0 Å². The van der Waals surface area contributed by atoms with Gasteiger partial charge in [0.15, 0.2) is 0 Å². The van der Waals surface area contributed by atoms with E-state index in [-0.39, 0.29) is 23.6 Å². The fourth-order valence-electron chi connectivity index (χ4n) is 3.91. The number of carboxylic acid groups (broad SMARTS) is 1. The highest BCUT2D eigenvalue weighted by atomic mass is 16.4. The van der Waals surface area contributed by atoms with Crippen molar-refractivity contribution in [2.75, 3.05) is 0 Å². The average molecular weight is 454 g/mol. The zero-order valence-electron chi connectivity index (χ0n) is 19.1. The van der Waals surface area contributed by atoms with Crippen LogP contribution in [0.2, 0.25) is 0 Å². The van der Waals surface area contributed by atoms with Gasteiger partial charge in [-0.2, -0.15) is 0 Å². The number of carboxylic acids is 1. The number of aromatic nitrogens is 3. The topological polar surface area (TPSA) is 85.1 Å². The predicted octanol–water partition coefficient (Wildman–Crippen LogP) is 5.46. The highest BCUT2D eigenvalue weighted by Crippen LogP contribution is 2.25. The highest BCUT2D eigenvalue weighted by Gasteiger charge is 2.18. The van der Waals surface area contributed by atoms with Gasteiger partial charge in [0.2, 0.25) is 11.6 Å². The number of hydrogen-bond acceptors (Lipinski definition) is 4. The first-order chi connectivity index (χ1) is 16.5. The second kappa shape index (κ2) is 10.7. The molecular formula is C28H27N3O3. The van der Waals surface area contributed by atoms with Gasteiger partial charge in [-0.05, 0) is 34.7 Å². The third-order valence-electron chi connectivity index (χ3n) is 5.69. The lowest BCUT2D eigenvalue weighted by Crippen LogP contribution is -2.10. The SMILES string of the molecule is CCCCc1nc(C(=O)Cc2ccccc2)nn1Cc1ccc(-c2ccccc2)c(C(=O)O)c1. The van der Waals surface area contributed by atoms with Gasteiger partial charge >= 0.3 is 5.97 Å². The number of hydrogen-bond donors (Lipinski definition) is 1. The van der Waals surface area contributed by atoms with E-state index in [1.165, 1.54) is 0 Å². The van der Waals surface area contributed by atoms with E-state index in [4.69, 9.17) is 0 Å². The molecule has 6 heteroatoms. The molecule has 1 aromatic heterocycles. The number of aromatic carboxylic acids is 1. The van der Waals surface area contributed by atoms with Crippen LogP contribution in [0.25, 0.3) is 11.1 Å². The summed E-state index contributed by atoms with van der Waals surface area (Å²) in [6.45, 7) is 2.45. The number of rotatable bonds is 10. The molecule has 0 radical (unpaired) electrons. The molecule has 0 bridgehead atoms. The summed E-state index contributed by atoms with van der Waals surface area (Å²) in [5.41, 5.74) is 3.47. The van der Waals surface area contributed by atoms with Crippen molar-refractivity contribution in [1.82, 2.24) is 14.8 Å². The Kier molecular flexibility index (Phi) is 7.28. The van der Waals surface area contributed by atoms with Crippen molar-refractivity contribution in [3.63, 3.8) is 0 Å². The normalized spacial score (nSPS) is 10.9. The molecule has 0 spiro atoms. The number of nitrogens with zero attached hydrogens (tertiary/aromatic N) is 3. The Labute approximate surface area is 198 Å². The fraction of sp³-hybridized carbons (Fsp3) is 0.214. The number of Topliss-reactive ketones (excluding diaryl/α,β-unsaturated/α-hetero) is 1. The Bertz CT molecular complexity index is 1280. The third-order valence-corrected chi connectivity index (χ3v) is 5.69. The first kappa shape index (κ1) is 23.1. The third kappa shape index (κ3) is 5.46. The van der Waals surface area contributed by atoms with Crippen LogP contribution in [0.5, 0.6) is 0 Å². The van der Waals surface area contributed by atoms with E-state index in [2.05, 4.69) is 17.0 Å². The molecule has 1 heterocycles. The van der Waals surface area contributed by atoms with E-state index < -0.39 is 5.97 Å². The summed E-state index contributed by atoms with van der Waals surface area (Å²) in [4.78, 5) is 29.4. The molecule has 0 saturated heterocycles. The van der Waals surface area contributed by atoms with E-state index in [9.17, 15) is 14.7 Å². The maximum absolute atomic E-state index is 12.8. The van der Waals surface area contributed by atoms with E-state index in [1.54, 1.807) is 10.7 Å². The van der Waals surface area contributed by atoms with Crippen molar-refractivity contribution in [2.45, 2.75) is 39.2 Å². The standard InChI is InChI=1S/C28H27N3O3/c1-2-3-14-26-29-27(25(32)18-20-10-6-4-7-11-20)30-31(26)19-21-15-16-23(24(17-21)28(33)34)22-12-8-5-9-13-22/h4-13,15-17H,2-3,14,18-19H2,1H3,(H,33,34). The van der Waals surface area contributed by atoms with Gasteiger partial charge in [-0.15, -0.1) is 5.10 Å². The first-order valence-corrected chi connectivity index (χ1v) is 11.5. The Balaban J connectivity index is 1.62. The smallest absolute Gasteiger partial charge is 0.336 e. The van der Waals surface area contributed by atoms with E-state index in [0.29, 0.717) is 18.5 Å². The lowest BCUT2D eigenvalue weighted by atomic mass is 9.97. The molecule has 0 atom stereocenters. The molecule has 0 saturated carbocycles. The van der Waals surface area contributed by atoms with Crippen molar-refractivity contribution in [1.29, 1.82) is 0 Å². The van der Waals surface area contributed by atoms with Crippen molar-refractivity contribution in [3.05, 3.63) is 107 Å². The number of aryl methyl sites for hydroxylation is 1. The summed E-state index contributed by atoms with van der Waals surface area (Å²) in [6, 6.07) is 24.4. The van der Waals surface area contributed by atoms with Crippen molar-refractivity contribution in [3.8, 4) is 11.1 Å². The number of unbranched alkanes of at least 4 members (excludes halogenated alkanes) is 1. The van der Waals surface area contributed by atoms with Crippen molar-refractivity contribution >= 4 is 11.8 Å². The molecule has 172 valence electrons. The average Bonchev–Trinajstić information content (AvgIpc) is 3.26. The molecule has 3 aromatic carbocycles. The van der Waals surface area contributed by atoms with Gasteiger partial charge in [0.1, 0.15) is 5.82 Å². The van der Waals surface area contributed by atoms with Crippen LogP contribution in [0.3, 0.4) is 0 Å². The monoisotopic (exact) mass is 453 g/mol. The highest BCUT2D eigenvalue weighted by molar-refractivity contribution is 5.96. The summed E-state index contributed by atoms with van der Waals surface area (Å²) < 4.78 is 1.73. The predicted molar refractivity (Wildman–Crippen MR) is 131 cm³/mol. The molecule has 0 aliphatic heterocycles. The molecule has 4 rings (SSSR count). The summed E-state index contributed by atoms with van der Waals surface area (Å²) in [5, 5.41) is 14.3. The van der Waals surface area contributed by atoms with Crippen LogP contribution in [0, 0.1) is 0 Å². The van der Waals surface area contributed by atoms with E-state index >= 15 is 0 Å². The Morgan fingerprint density at radius 2 is 1.62 bits per heavy atom. The number of carbonyl (C=O) groups is 2. The lowest BCUT2D eigenvalue weighted by molar-refractivity contribution is 0.0697. The van der Waals surface area contributed by atoms with Crippen LogP contribution >= 0.6 is 0 Å². The maximum atomic E-state index is 12.8. The molecular weight excluding hydrogens is 426 g/mol. The van der Waals surface area contributed by atoms with Gasteiger partial charge in [0.05, 0.1) is 12.1 Å². The molecule has 0 aliphatic carbocycles. The minimum Gasteiger partial charge on any atom is -0.478 e. The molecule has 0 fully saturated rings. The zero-order valence-corrected chi connectivity index (χ0v) is 19.1. The second-order valence-electron chi connectivity index (χ2n) is 8.25. The zero-order chi connectivity index (χ0) is 23.9. The summed E-state index contributed by atoms with van der Waals surface area (Å²) in [7, 11) is 0. The van der Waals surface area contributed by atoms with E-state index in [0.717, 1.165) is 35.4 Å². The van der Waals surface area contributed by atoms with Crippen LogP contribution in [0.1, 0.15) is 57.7 Å². The summed E-state index contributed by atoms with van der Waals surface area (Å²) in [5.74, 6) is -0.172. The van der Waals surface area contributed by atoms with Gasteiger partial charge in [0, 0.05) is 12.8 Å². The van der Waals surface area contributed by atoms with E-state index in [1.807, 2.05) is 72.8 Å². The Morgan fingerprint density at radius 1 is 0.912 bits per heavy atom. The van der Waals surface area contributed by atoms with Crippen LogP contribution < -0.4 is 0 Å². The largest absolute Gasteiger partial charge is 0.478 e. The molecule has 6 nitrogen and oxygen atoms in total. The Morgan fingerprint density at radius 3 is 2.29 bits per heavy atom. The quantitative estimate of drug-likeness (QED) is 0.322. The summed E-state index contributed by atoms with van der Waals surface area (Å²) in [6.07, 6.45) is 2.87. The first-order valence-electron chi connectivity index (χ1n) is 11.5. The minimum atomic E-state index is -0.982. The van der Waals surface area contributed by atoms with Crippen LogP contribution in [-0.4, -0.2) is 31.6 Å². The lowest BCUT2D eigenvalue weighted by Gasteiger charge is -2.10. The van der Waals surface area contributed by atoms with Crippen LogP contribution in [0.15, 0.2) is 78.9 Å². The van der Waals surface area contributed by atoms with Crippen molar-refractivity contribution < 1.29 is 14.7 Å². The molecule has 1 N–H and O–H groups in total. The van der Waals surface area contributed by atoms with Crippen LogP contribution in [0.4, 0.5) is 0 Å². The van der Waals surface area contributed by atoms with Gasteiger partial charge < -0.3 is 5.11 Å². The Hall–Kier alpha value is -4.06.